The van der Waals surface area contributed by atoms with Gasteiger partial charge >= 0.3 is 0 Å². The number of hydrogen-bond donors (Lipinski definition) is 1. The SMILES string of the molecule is CCCOc1cccc(C(O)Cc2cnn(C)c2)c1. The minimum atomic E-state index is -0.533. The third-order valence-electron chi connectivity index (χ3n) is 2.90. The quantitative estimate of drug-likeness (QED) is 0.868. The third-order valence-corrected chi connectivity index (χ3v) is 2.90. The van der Waals surface area contributed by atoms with Gasteiger partial charge in [0.25, 0.3) is 0 Å². The van der Waals surface area contributed by atoms with Gasteiger partial charge in [-0.1, -0.05) is 19.1 Å². The van der Waals surface area contributed by atoms with Crippen LogP contribution in [-0.2, 0) is 13.5 Å². The maximum absolute atomic E-state index is 10.2. The van der Waals surface area contributed by atoms with E-state index in [1.165, 1.54) is 0 Å². The molecule has 102 valence electrons. The zero-order valence-corrected chi connectivity index (χ0v) is 11.4. The summed E-state index contributed by atoms with van der Waals surface area (Å²) in [6, 6.07) is 7.64. The largest absolute Gasteiger partial charge is 0.494 e. The summed E-state index contributed by atoms with van der Waals surface area (Å²) in [6.07, 6.45) is 4.70. The zero-order chi connectivity index (χ0) is 13.7. The molecule has 0 aliphatic rings. The number of aliphatic hydroxyl groups is 1. The number of aryl methyl sites for hydroxylation is 1. The first kappa shape index (κ1) is 13.6. The van der Waals surface area contributed by atoms with Gasteiger partial charge < -0.3 is 9.84 Å². The summed E-state index contributed by atoms with van der Waals surface area (Å²) < 4.78 is 7.31. The molecule has 2 rings (SSSR count). The van der Waals surface area contributed by atoms with Gasteiger partial charge in [-0.15, -0.1) is 0 Å². The minimum absolute atomic E-state index is 0.533. The molecule has 4 heteroatoms. The van der Waals surface area contributed by atoms with E-state index in [4.69, 9.17) is 4.74 Å². The molecule has 0 bridgehead atoms. The molecule has 0 spiro atoms. The van der Waals surface area contributed by atoms with Gasteiger partial charge in [-0.3, -0.25) is 4.68 Å². The van der Waals surface area contributed by atoms with Crippen molar-refractivity contribution in [3.8, 4) is 5.75 Å². The highest BCUT2D eigenvalue weighted by Crippen LogP contribution is 2.22. The molecule has 0 saturated heterocycles. The first-order valence-electron chi connectivity index (χ1n) is 6.57. The van der Waals surface area contributed by atoms with Crippen LogP contribution in [0.2, 0.25) is 0 Å². The van der Waals surface area contributed by atoms with Crippen LogP contribution in [0.1, 0.15) is 30.6 Å². The number of nitrogens with zero attached hydrogens (tertiary/aromatic N) is 2. The standard InChI is InChI=1S/C15H20N2O2/c1-3-7-19-14-6-4-5-13(9-14)15(18)8-12-10-16-17(2)11-12/h4-6,9-11,15,18H,3,7-8H2,1-2H3. The van der Waals surface area contributed by atoms with Crippen LogP contribution in [0.4, 0.5) is 0 Å². The van der Waals surface area contributed by atoms with E-state index in [0.717, 1.165) is 23.3 Å². The van der Waals surface area contributed by atoms with E-state index in [9.17, 15) is 5.11 Å². The molecule has 0 fully saturated rings. The van der Waals surface area contributed by atoms with Gasteiger partial charge in [-0.25, -0.2) is 0 Å². The van der Waals surface area contributed by atoms with Crippen molar-refractivity contribution in [2.24, 2.45) is 7.05 Å². The molecule has 1 unspecified atom stereocenters. The molecule has 0 radical (unpaired) electrons. The van der Waals surface area contributed by atoms with Crippen LogP contribution in [0.5, 0.6) is 5.75 Å². The van der Waals surface area contributed by atoms with Crippen molar-refractivity contribution in [2.45, 2.75) is 25.9 Å². The van der Waals surface area contributed by atoms with Crippen molar-refractivity contribution in [1.29, 1.82) is 0 Å². The predicted octanol–water partition coefficient (Wildman–Crippen LogP) is 2.49. The first-order valence-corrected chi connectivity index (χ1v) is 6.57. The lowest BCUT2D eigenvalue weighted by molar-refractivity contribution is 0.178. The van der Waals surface area contributed by atoms with E-state index in [-0.39, 0.29) is 0 Å². The average Bonchev–Trinajstić information content (AvgIpc) is 2.82. The molecule has 2 aromatic rings. The summed E-state index contributed by atoms with van der Waals surface area (Å²) in [5.41, 5.74) is 1.90. The van der Waals surface area contributed by atoms with Crippen LogP contribution in [0.25, 0.3) is 0 Å². The maximum Gasteiger partial charge on any atom is 0.119 e. The first-order chi connectivity index (χ1) is 9.19. The Morgan fingerprint density at radius 1 is 1.42 bits per heavy atom. The smallest absolute Gasteiger partial charge is 0.119 e. The topological polar surface area (TPSA) is 47.3 Å². The lowest BCUT2D eigenvalue weighted by atomic mass is 10.0. The molecule has 1 atom stereocenters. The Morgan fingerprint density at radius 3 is 2.95 bits per heavy atom. The van der Waals surface area contributed by atoms with Crippen molar-refractivity contribution in [2.75, 3.05) is 6.61 Å². The number of benzene rings is 1. The van der Waals surface area contributed by atoms with Crippen molar-refractivity contribution < 1.29 is 9.84 Å². The molecule has 0 amide bonds. The van der Waals surface area contributed by atoms with E-state index in [0.29, 0.717) is 13.0 Å². The van der Waals surface area contributed by atoms with E-state index in [2.05, 4.69) is 12.0 Å². The highest BCUT2D eigenvalue weighted by atomic mass is 16.5. The molecule has 1 heterocycles. The van der Waals surface area contributed by atoms with Crippen LogP contribution >= 0.6 is 0 Å². The molecular weight excluding hydrogens is 240 g/mol. The Kier molecular flexibility index (Phi) is 4.58. The predicted molar refractivity (Wildman–Crippen MR) is 74.1 cm³/mol. The summed E-state index contributed by atoms with van der Waals surface area (Å²) in [6.45, 7) is 2.77. The van der Waals surface area contributed by atoms with Crippen LogP contribution in [0.15, 0.2) is 36.7 Å². The fourth-order valence-corrected chi connectivity index (χ4v) is 1.95. The lowest BCUT2D eigenvalue weighted by Crippen LogP contribution is -2.02. The van der Waals surface area contributed by atoms with E-state index in [1.54, 1.807) is 10.9 Å². The normalized spacial score (nSPS) is 12.4. The lowest BCUT2D eigenvalue weighted by Gasteiger charge is -2.12. The Balaban J connectivity index is 2.03. The van der Waals surface area contributed by atoms with Gasteiger partial charge in [0.1, 0.15) is 5.75 Å². The second kappa shape index (κ2) is 6.38. The monoisotopic (exact) mass is 260 g/mol. The maximum atomic E-state index is 10.2. The van der Waals surface area contributed by atoms with Gasteiger partial charge in [-0.2, -0.15) is 5.10 Å². The van der Waals surface area contributed by atoms with Crippen molar-refractivity contribution in [3.63, 3.8) is 0 Å². The molecule has 0 saturated carbocycles. The van der Waals surface area contributed by atoms with Crippen LogP contribution in [0, 0.1) is 0 Å². The second-order valence-electron chi connectivity index (χ2n) is 4.66. The summed E-state index contributed by atoms with van der Waals surface area (Å²) in [5, 5.41) is 14.3. The third kappa shape index (κ3) is 3.83. The number of aromatic nitrogens is 2. The Morgan fingerprint density at radius 2 is 2.26 bits per heavy atom. The number of aliphatic hydroxyl groups excluding tert-OH is 1. The molecule has 1 aromatic carbocycles. The van der Waals surface area contributed by atoms with Gasteiger partial charge in [0.05, 0.1) is 18.9 Å². The number of ether oxygens (including phenoxy) is 1. The average molecular weight is 260 g/mol. The zero-order valence-electron chi connectivity index (χ0n) is 11.4. The molecular formula is C15H20N2O2. The summed E-state index contributed by atoms with van der Waals surface area (Å²) in [7, 11) is 1.87. The van der Waals surface area contributed by atoms with Crippen molar-refractivity contribution in [3.05, 3.63) is 47.8 Å². The summed E-state index contributed by atoms with van der Waals surface area (Å²) in [4.78, 5) is 0. The molecule has 1 N–H and O–H groups in total. The van der Waals surface area contributed by atoms with Gasteiger partial charge in [0.15, 0.2) is 0 Å². The van der Waals surface area contributed by atoms with Crippen molar-refractivity contribution >= 4 is 0 Å². The Labute approximate surface area is 113 Å². The summed E-state index contributed by atoms with van der Waals surface area (Å²) in [5.74, 6) is 0.810. The molecule has 19 heavy (non-hydrogen) atoms. The molecule has 0 aliphatic carbocycles. The van der Waals surface area contributed by atoms with E-state index >= 15 is 0 Å². The Bertz CT molecular complexity index is 522. The molecule has 1 aromatic heterocycles. The molecule has 4 nitrogen and oxygen atoms in total. The molecule has 0 aliphatic heterocycles. The van der Waals surface area contributed by atoms with Crippen LogP contribution in [0.3, 0.4) is 0 Å². The van der Waals surface area contributed by atoms with Gasteiger partial charge in [-0.05, 0) is 29.7 Å². The fourth-order valence-electron chi connectivity index (χ4n) is 1.95. The Hall–Kier alpha value is -1.81. The van der Waals surface area contributed by atoms with E-state index < -0.39 is 6.10 Å². The summed E-state index contributed by atoms with van der Waals surface area (Å²) >= 11 is 0. The van der Waals surface area contributed by atoms with Crippen LogP contribution < -0.4 is 4.74 Å². The fraction of sp³-hybridized carbons (Fsp3) is 0.400. The number of rotatable bonds is 6. The van der Waals surface area contributed by atoms with Gasteiger partial charge in [0.2, 0.25) is 0 Å². The van der Waals surface area contributed by atoms with Gasteiger partial charge in [0, 0.05) is 19.7 Å². The minimum Gasteiger partial charge on any atom is -0.494 e. The second-order valence-corrected chi connectivity index (χ2v) is 4.66. The highest BCUT2D eigenvalue weighted by Gasteiger charge is 2.10. The highest BCUT2D eigenvalue weighted by molar-refractivity contribution is 5.30. The van der Waals surface area contributed by atoms with Crippen molar-refractivity contribution in [1.82, 2.24) is 9.78 Å². The van der Waals surface area contributed by atoms with E-state index in [1.807, 2.05) is 37.5 Å². The number of hydrogen-bond acceptors (Lipinski definition) is 3. The van der Waals surface area contributed by atoms with Crippen LogP contribution in [-0.4, -0.2) is 21.5 Å².